The van der Waals surface area contributed by atoms with Crippen LogP contribution in [0.3, 0.4) is 0 Å². The minimum absolute atomic E-state index is 0.158. The molecule has 0 aliphatic carbocycles. The summed E-state index contributed by atoms with van der Waals surface area (Å²) in [5.74, 6) is 2.41. The van der Waals surface area contributed by atoms with Gasteiger partial charge in [0.05, 0.1) is 28.5 Å². The Kier molecular flexibility index (Phi) is 16.1. The Hall–Kier alpha value is -9.63. The number of para-hydroxylation sites is 6. The lowest BCUT2D eigenvalue weighted by Crippen LogP contribution is -2.30. The molecule has 0 fully saturated rings. The normalized spacial score (nSPS) is 14.4. The number of pyridine rings is 2. The highest BCUT2D eigenvalue weighted by Gasteiger charge is 2.38. The maximum atomic E-state index is 12.9. The highest BCUT2D eigenvalue weighted by molar-refractivity contribution is 7.89. The Morgan fingerprint density at radius 3 is 1.34 bits per heavy atom. The van der Waals surface area contributed by atoms with Crippen LogP contribution in [0.5, 0.6) is 17.2 Å². The van der Waals surface area contributed by atoms with Gasteiger partial charge in [0.15, 0.2) is 0 Å². The van der Waals surface area contributed by atoms with Crippen molar-refractivity contribution < 1.29 is 19.8 Å². The lowest BCUT2D eigenvalue weighted by molar-refractivity contribution is 0.461. The first-order valence-corrected chi connectivity index (χ1v) is 32.2. The smallest absolute Gasteiger partial charge is 0.649 e. The SMILES string of the molecule is CC1(C)c2ccccc2N(c2ccc(C3=NS(=O)(=O)N=C3c3ccc(N4c5ccccc5C(C)(C)c5ccccc54)cc3)cc2)c2ccccc21.Cc1ccc2cccc([O][Al][O]c3ccc(-c4ccccc4)cc3)c2n1.[AlH][O]c1cccc2cccnc12. The number of hydrogen-bond donors (Lipinski definition) is 0. The van der Waals surface area contributed by atoms with Gasteiger partial charge >= 0.3 is 42.7 Å². The number of benzene rings is 10. The Labute approximate surface area is 534 Å². The van der Waals surface area contributed by atoms with Crippen molar-refractivity contribution in [3.8, 4) is 28.4 Å². The van der Waals surface area contributed by atoms with Crippen molar-refractivity contribution in [2.75, 3.05) is 9.80 Å². The molecule has 2 radical (unpaired) electrons. The van der Waals surface area contributed by atoms with E-state index in [2.05, 4.69) is 184 Å². The Morgan fingerprint density at radius 1 is 0.416 bits per heavy atom. The maximum absolute atomic E-state index is 12.9. The second-order valence-electron chi connectivity index (χ2n) is 22.9. The molecule has 3 aliphatic rings. The number of rotatable bonds is 10. The topological polar surface area (TPSA) is 119 Å². The van der Waals surface area contributed by atoms with Gasteiger partial charge in [0.25, 0.3) is 0 Å². The molecule has 0 saturated carbocycles. The minimum atomic E-state index is -4.03. The highest BCUT2D eigenvalue weighted by atomic mass is 32.2. The monoisotopic (exact) mass is 1210 g/mol. The van der Waals surface area contributed by atoms with Crippen LogP contribution >= 0.6 is 0 Å². The standard InChI is InChI=1S/C44H36N4O2S.C12H10O.C10H9NO.C9H7NO.2Al.H/c1-43(2)33-13-5-9-17-37(33)47(38-18-10-6-14-34(38)43)31-25-21-29(22-26-31)41-42(46-51(49,50)45-41)30-23-27-32(28-24-30)48-39-19-11-7-15-35(39)44(3,4)36-16-8-12-20-40(36)48;13-12-8-6-11(7-9-12)10-4-2-1-3-5-10;1-7-5-6-8-3-2-4-9(12)10(8)11-7;11-8-5-1-3-7-4-2-6-10-9(7)8;;;/h5-28H,1-4H3;1-9,13H;2-6,12H,1H3;1-6,11H;;;/q;;;;+1;+2;/p-3. The molecule has 2 aromatic heterocycles. The van der Waals surface area contributed by atoms with E-state index in [4.69, 9.17) is 11.4 Å². The summed E-state index contributed by atoms with van der Waals surface area (Å²) in [6.07, 6.45) is 1.77. The van der Waals surface area contributed by atoms with Crippen molar-refractivity contribution in [2.24, 2.45) is 8.80 Å². The molecule has 432 valence electrons. The summed E-state index contributed by atoms with van der Waals surface area (Å²) in [5.41, 5.74) is 18.3. The van der Waals surface area contributed by atoms with Crippen molar-refractivity contribution >= 4 is 110 Å². The molecule has 0 spiro atoms. The zero-order valence-corrected chi connectivity index (χ0v) is 53.2. The number of anilines is 6. The molecule has 0 bridgehead atoms. The molecule has 14 heteroatoms. The first-order chi connectivity index (χ1) is 43.3. The molecule has 0 atom stereocenters. The molecule has 5 heterocycles. The third-order valence-electron chi connectivity index (χ3n) is 16.6. The summed E-state index contributed by atoms with van der Waals surface area (Å²) in [5, 5.41) is 2.18. The molecule has 0 amide bonds. The van der Waals surface area contributed by atoms with Gasteiger partial charge in [0.2, 0.25) is 0 Å². The molecule has 12 aromatic rings. The number of aromatic nitrogens is 2. The van der Waals surface area contributed by atoms with Crippen molar-refractivity contribution in [3.05, 3.63) is 306 Å². The summed E-state index contributed by atoms with van der Waals surface area (Å²) in [6, 6.07) is 88.2. The average molecular weight is 1210 g/mol. The van der Waals surface area contributed by atoms with Crippen LogP contribution in [0.25, 0.3) is 32.9 Å². The quantitative estimate of drug-likeness (QED) is 0.123. The predicted molar refractivity (Wildman–Crippen MR) is 363 cm³/mol. The third kappa shape index (κ3) is 11.6. The molecule has 0 saturated heterocycles. The van der Waals surface area contributed by atoms with E-state index in [1.54, 1.807) is 6.20 Å². The second-order valence-corrected chi connectivity index (χ2v) is 25.1. The minimum Gasteiger partial charge on any atom is -0.649 e. The van der Waals surface area contributed by atoms with Gasteiger partial charge < -0.3 is 21.2 Å². The second kappa shape index (κ2) is 24.5. The summed E-state index contributed by atoms with van der Waals surface area (Å²) in [4.78, 5) is 13.4. The molecule has 0 N–H and O–H groups in total. The average Bonchev–Trinajstić information content (AvgIpc) is 1.23. The molecule has 11 nitrogen and oxygen atoms in total. The van der Waals surface area contributed by atoms with E-state index in [1.807, 2.05) is 140 Å². The summed E-state index contributed by atoms with van der Waals surface area (Å²) in [7, 11) is -4.03. The van der Waals surface area contributed by atoms with Gasteiger partial charge in [0.1, 0.15) is 34.0 Å². The predicted octanol–water partition coefficient (Wildman–Crippen LogP) is 17.1. The third-order valence-corrected chi connectivity index (χ3v) is 18.5. The van der Waals surface area contributed by atoms with E-state index in [-0.39, 0.29) is 10.8 Å². The molecule has 10 aromatic carbocycles. The Morgan fingerprint density at radius 2 is 0.843 bits per heavy atom. The largest absolute Gasteiger partial charge is 0.881 e. The van der Waals surface area contributed by atoms with Gasteiger partial charge in [-0.05, 0) is 125 Å². The van der Waals surface area contributed by atoms with E-state index in [0.717, 1.165) is 78.9 Å². The van der Waals surface area contributed by atoms with Crippen molar-refractivity contribution in [3.63, 3.8) is 0 Å². The number of nitrogens with zero attached hydrogens (tertiary/aromatic N) is 6. The van der Waals surface area contributed by atoms with Gasteiger partial charge in [-0.25, -0.2) is 4.98 Å². The van der Waals surface area contributed by atoms with E-state index < -0.39 is 26.1 Å². The van der Waals surface area contributed by atoms with Crippen LogP contribution in [0.4, 0.5) is 34.1 Å². The first-order valence-electron chi connectivity index (χ1n) is 29.3. The zero-order chi connectivity index (χ0) is 61.3. The molecule has 0 unspecified atom stereocenters. The number of fused-ring (bicyclic) bond motifs is 6. The highest BCUT2D eigenvalue weighted by Crippen LogP contribution is 2.53. The molecule has 3 aliphatic heterocycles. The van der Waals surface area contributed by atoms with Crippen LogP contribution in [-0.4, -0.2) is 62.3 Å². The van der Waals surface area contributed by atoms with E-state index >= 15 is 0 Å². The molecule has 89 heavy (non-hydrogen) atoms. The van der Waals surface area contributed by atoms with Gasteiger partial charge in [-0.2, -0.15) is 8.42 Å². The fraction of sp³-hybridized carbons (Fsp3) is 0.0933. The van der Waals surface area contributed by atoms with Crippen molar-refractivity contribution in [2.45, 2.75) is 45.4 Å². The van der Waals surface area contributed by atoms with Gasteiger partial charge in [-0.3, -0.25) is 4.98 Å². The van der Waals surface area contributed by atoms with Crippen LogP contribution in [0.15, 0.2) is 276 Å². The van der Waals surface area contributed by atoms with E-state index in [0.29, 0.717) is 22.6 Å². The lowest BCUT2D eigenvalue weighted by atomic mass is 9.73. The van der Waals surface area contributed by atoms with Crippen LogP contribution < -0.4 is 21.2 Å². The summed E-state index contributed by atoms with van der Waals surface area (Å²) >= 11 is 0.801. The molecular weight excluding hydrogens is 1150 g/mol. The van der Waals surface area contributed by atoms with Crippen molar-refractivity contribution in [1.82, 2.24) is 9.97 Å². The van der Waals surface area contributed by atoms with Crippen LogP contribution in [0.1, 0.15) is 66.8 Å². The van der Waals surface area contributed by atoms with Gasteiger partial charge in [-0.1, -0.05) is 204 Å². The number of aryl methyl sites for hydroxylation is 1. The van der Waals surface area contributed by atoms with Gasteiger partial charge in [0, 0.05) is 56.0 Å². The molecule has 15 rings (SSSR count). The number of hydrogen-bond acceptors (Lipinski definition) is 9. The van der Waals surface area contributed by atoms with Crippen molar-refractivity contribution in [1.29, 1.82) is 0 Å². The summed E-state index contributed by atoms with van der Waals surface area (Å²) in [6.45, 7) is 11.0. The van der Waals surface area contributed by atoms with Gasteiger partial charge in [-0.15, -0.1) is 8.80 Å². The Balaban J connectivity index is 0.000000157. The Bertz CT molecular complexity index is 4520. The molecular formula is C75H60Al2N6O5S. The van der Waals surface area contributed by atoms with E-state index in [1.165, 1.54) is 50.0 Å². The lowest BCUT2D eigenvalue weighted by Gasteiger charge is -2.42. The fourth-order valence-electron chi connectivity index (χ4n) is 12.1. The summed E-state index contributed by atoms with van der Waals surface area (Å²) < 4.78 is 51.0. The fourth-order valence-corrected chi connectivity index (χ4v) is 13.9. The first kappa shape index (κ1) is 58.4. The van der Waals surface area contributed by atoms with Crippen LogP contribution in [0.2, 0.25) is 0 Å². The zero-order valence-electron chi connectivity index (χ0n) is 49.8. The van der Waals surface area contributed by atoms with Crippen LogP contribution in [0, 0.1) is 6.92 Å². The maximum Gasteiger partial charge on any atom is 0.881 e. The van der Waals surface area contributed by atoms with E-state index in [9.17, 15) is 8.42 Å². The van der Waals surface area contributed by atoms with Crippen LogP contribution in [-0.2, 0) is 21.0 Å².